The van der Waals surface area contributed by atoms with Crippen molar-refractivity contribution in [1.29, 1.82) is 0 Å². The van der Waals surface area contributed by atoms with Crippen molar-refractivity contribution in [3.63, 3.8) is 0 Å². The molecule has 0 heterocycles. The molecule has 2 unspecified atom stereocenters. The fourth-order valence-electron chi connectivity index (χ4n) is 0.600. The van der Waals surface area contributed by atoms with Crippen molar-refractivity contribution in [1.82, 2.24) is 0 Å². The molecule has 0 aromatic carbocycles. The molecule has 0 fully saturated rings. The average molecular weight is 210 g/mol. The first-order valence-corrected chi connectivity index (χ1v) is 7.37. The zero-order valence-electron chi connectivity index (χ0n) is 7.07. The van der Waals surface area contributed by atoms with Gasteiger partial charge in [-0.05, 0) is 25.0 Å². The van der Waals surface area contributed by atoms with E-state index in [0.717, 1.165) is 6.42 Å². The second kappa shape index (κ2) is 7.25. The molecule has 0 aromatic rings. The lowest BCUT2D eigenvalue weighted by molar-refractivity contribution is 0.685. The van der Waals surface area contributed by atoms with Crippen LogP contribution in [0.15, 0.2) is 11.5 Å². The highest BCUT2D eigenvalue weighted by atomic mass is 33.1. The summed E-state index contributed by atoms with van der Waals surface area (Å²) in [5, 5.41) is 1.76. The molecule has 0 amide bonds. The minimum Gasteiger partial charge on any atom is -0.254 e. The molecule has 0 aromatic heterocycles. The fourth-order valence-corrected chi connectivity index (χ4v) is 4.68. The lowest BCUT2D eigenvalue weighted by Gasteiger charge is -2.08. The summed E-state index contributed by atoms with van der Waals surface area (Å²) in [6.07, 6.45) is 4.82. The second-order valence-electron chi connectivity index (χ2n) is 1.90. The number of allylic oxidation sites excluding steroid dienone is 1. The van der Waals surface area contributed by atoms with Crippen LogP contribution in [0.5, 0.6) is 0 Å². The van der Waals surface area contributed by atoms with Crippen LogP contribution < -0.4 is 0 Å². The summed E-state index contributed by atoms with van der Waals surface area (Å²) in [5.41, 5.74) is 0. The lowest BCUT2D eigenvalue weighted by atomic mass is 10.6. The quantitative estimate of drug-likeness (QED) is 0.649. The third-order valence-electron chi connectivity index (χ3n) is 1.07. The molecule has 0 N–H and O–H groups in total. The molecule has 0 spiro atoms. The van der Waals surface area contributed by atoms with Crippen molar-refractivity contribution >= 4 is 32.4 Å². The molecule has 11 heavy (non-hydrogen) atoms. The van der Waals surface area contributed by atoms with E-state index in [1.807, 2.05) is 19.3 Å². The van der Waals surface area contributed by atoms with Crippen molar-refractivity contribution in [2.24, 2.45) is 0 Å². The van der Waals surface area contributed by atoms with Crippen LogP contribution in [0.4, 0.5) is 0 Å². The highest BCUT2D eigenvalue weighted by Gasteiger charge is 2.11. The van der Waals surface area contributed by atoms with Crippen LogP contribution >= 0.6 is 21.6 Å². The predicted molar refractivity (Wildman–Crippen MR) is 58.1 cm³/mol. The van der Waals surface area contributed by atoms with E-state index in [1.54, 1.807) is 27.0 Å². The molecular weight excluding hydrogens is 196 g/mol. The standard InChI is InChI=1S/C7H14OS3/c1-4-6-11(8)7(5-2)10-9-3/h4,6-7H,5H2,1-3H3. The summed E-state index contributed by atoms with van der Waals surface area (Å²) in [5.74, 6) is 0. The minimum atomic E-state index is -0.796. The lowest BCUT2D eigenvalue weighted by Crippen LogP contribution is -2.04. The van der Waals surface area contributed by atoms with Gasteiger partial charge < -0.3 is 0 Å². The van der Waals surface area contributed by atoms with E-state index >= 15 is 0 Å². The third kappa shape index (κ3) is 4.93. The van der Waals surface area contributed by atoms with Crippen LogP contribution in [-0.2, 0) is 10.8 Å². The monoisotopic (exact) mass is 210 g/mol. The maximum absolute atomic E-state index is 11.4. The van der Waals surface area contributed by atoms with Gasteiger partial charge in [0, 0.05) is 0 Å². The van der Waals surface area contributed by atoms with Gasteiger partial charge in [0.05, 0.1) is 15.4 Å². The van der Waals surface area contributed by atoms with Crippen molar-refractivity contribution < 1.29 is 4.21 Å². The van der Waals surface area contributed by atoms with Crippen LogP contribution in [0, 0.1) is 0 Å². The van der Waals surface area contributed by atoms with Gasteiger partial charge in [-0.3, -0.25) is 4.21 Å². The molecule has 4 heteroatoms. The molecule has 2 atom stereocenters. The Labute approximate surface area is 79.3 Å². The molecule has 0 radical (unpaired) electrons. The van der Waals surface area contributed by atoms with Crippen LogP contribution in [-0.4, -0.2) is 15.0 Å². The van der Waals surface area contributed by atoms with Crippen LogP contribution in [0.2, 0.25) is 0 Å². The molecule has 0 saturated carbocycles. The average Bonchev–Trinajstić information content (AvgIpc) is 2.00. The van der Waals surface area contributed by atoms with Crippen LogP contribution in [0.3, 0.4) is 0 Å². The van der Waals surface area contributed by atoms with Gasteiger partial charge in [0.15, 0.2) is 0 Å². The van der Waals surface area contributed by atoms with Crippen LogP contribution in [0.1, 0.15) is 20.3 Å². The Morgan fingerprint density at radius 2 is 2.27 bits per heavy atom. The Kier molecular flexibility index (Phi) is 7.64. The maximum Gasteiger partial charge on any atom is 0.0942 e. The van der Waals surface area contributed by atoms with Crippen molar-refractivity contribution in [2.75, 3.05) is 6.26 Å². The molecule has 0 aliphatic carbocycles. The topological polar surface area (TPSA) is 17.1 Å². The molecule has 1 nitrogen and oxygen atoms in total. The van der Waals surface area contributed by atoms with Gasteiger partial charge in [-0.1, -0.05) is 34.6 Å². The Balaban J connectivity index is 3.91. The summed E-state index contributed by atoms with van der Waals surface area (Å²) in [7, 11) is 2.57. The molecule has 0 bridgehead atoms. The van der Waals surface area contributed by atoms with E-state index < -0.39 is 10.8 Å². The normalized spacial score (nSPS) is 17.0. The van der Waals surface area contributed by atoms with Gasteiger partial charge in [0.1, 0.15) is 0 Å². The number of hydrogen-bond acceptors (Lipinski definition) is 3. The molecule has 0 aliphatic rings. The first kappa shape index (κ1) is 11.6. The predicted octanol–water partition coefficient (Wildman–Crippen LogP) is 3.02. The highest BCUT2D eigenvalue weighted by Crippen LogP contribution is 2.28. The zero-order valence-corrected chi connectivity index (χ0v) is 9.52. The SMILES string of the molecule is CC=CS(=O)C(CC)SSC. The summed E-state index contributed by atoms with van der Waals surface area (Å²) < 4.78 is 11.6. The molecular formula is C7H14OS3. The summed E-state index contributed by atoms with van der Waals surface area (Å²) in [6.45, 7) is 3.96. The molecule has 0 rings (SSSR count). The van der Waals surface area contributed by atoms with Gasteiger partial charge in [-0.2, -0.15) is 0 Å². The minimum absolute atomic E-state index is 0.251. The zero-order chi connectivity index (χ0) is 8.69. The van der Waals surface area contributed by atoms with Gasteiger partial charge in [0.25, 0.3) is 0 Å². The molecule has 0 saturated heterocycles. The van der Waals surface area contributed by atoms with Gasteiger partial charge >= 0.3 is 0 Å². The summed E-state index contributed by atoms with van der Waals surface area (Å²) >= 11 is 0. The summed E-state index contributed by atoms with van der Waals surface area (Å²) in [6, 6.07) is 0. The molecule has 0 aliphatic heterocycles. The smallest absolute Gasteiger partial charge is 0.0942 e. The first-order valence-electron chi connectivity index (χ1n) is 3.47. The molecule has 66 valence electrons. The van der Waals surface area contributed by atoms with Crippen LogP contribution in [0.25, 0.3) is 0 Å². The Bertz CT molecular complexity index is 145. The van der Waals surface area contributed by atoms with Crippen molar-refractivity contribution in [3.8, 4) is 0 Å². The summed E-state index contributed by atoms with van der Waals surface area (Å²) in [4.78, 5) is 0. The van der Waals surface area contributed by atoms with E-state index in [2.05, 4.69) is 6.92 Å². The van der Waals surface area contributed by atoms with E-state index in [-0.39, 0.29) is 4.58 Å². The maximum atomic E-state index is 11.4. The third-order valence-corrected chi connectivity index (χ3v) is 5.70. The van der Waals surface area contributed by atoms with E-state index in [1.165, 1.54) is 0 Å². The number of hydrogen-bond donors (Lipinski definition) is 0. The Morgan fingerprint density at radius 1 is 1.64 bits per heavy atom. The Morgan fingerprint density at radius 3 is 2.64 bits per heavy atom. The van der Waals surface area contributed by atoms with Gasteiger partial charge in [-0.15, -0.1) is 0 Å². The Hall–Kier alpha value is 0.590. The van der Waals surface area contributed by atoms with E-state index in [9.17, 15) is 4.21 Å². The van der Waals surface area contributed by atoms with Gasteiger partial charge in [0.2, 0.25) is 0 Å². The largest absolute Gasteiger partial charge is 0.254 e. The van der Waals surface area contributed by atoms with E-state index in [4.69, 9.17) is 0 Å². The number of rotatable bonds is 5. The van der Waals surface area contributed by atoms with Crippen molar-refractivity contribution in [3.05, 3.63) is 11.5 Å². The highest BCUT2D eigenvalue weighted by molar-refractivity contribution is 8.77. The first-order chi connectivity index (χ1) is 5.26. The second-order valence-corrected chi connectivity index (χ2v) is 6.37. The van der Waals surface area contributed by atoms with Crippen molar-refractivity contribution in [2.45, 2.75) is 24.9 Å². The van der Waals surface area contributed by atoms with Gasteiger partial charge in [-0.25, -0.2) is 0 Å². The van der Waals surface area contributed by atoms with E-state index in [0.29, 0.717) is 0 Å². The fraction of sp³-hybridized carbons (Fsp3) is 0.714.